The normalized spacial score (nSPS) is 25.4. The van der Waals surface area contributed by atoms with Gasteiger partial charge in [0.05, 0.1) is 23.7 Å². The summed E-state index contributed by atoms with van der Waals surface area (Å²) in [6.45, 7) is 0.116. The Morgan fingerprint density at radius 2 is 1.63 bits per heavy atom. The summed E-state index contributed by atoms with van der Waals surface area (Å²) in [5, 5.41) is 20.0. The Bertz CT molecular complexity index is 847. The molecule has 0 amide bonds. The third-order valence-corrected chi connectivity index (χ3v) is 6.19. The van der Waals surface area contributed by atoms with Crippen molar-refractivity contribution in [2.24, 2.45) is 5.41 Å². The van der Waals surface area contributed by atoms with Gasteiger partial charge in [-0.05, 0) is 49.2 Å². The molecule has 0 heterocycles. The largest absolute Gasteiger partial charge is 0.493 e. The Balaban J connectivity index is 1.73. The average Bonchev–Trinajstić information content (AvgIpc) is 2.94. The molecule has 146 valence electrons. The quantitative estimate of drug-likeness (QED) is 0.663. The van der Waals surface area contributed by atoms with Crippen LogP contribution in [0.15, 0.2) is 59.5 Å². The predicted octanol–water partition coefficient (Wildman–Crippen LogP) is 1.68. The second-order valence-electron chi connectivity index (χ2n) is 6.92. The van der Waals surface area contributed by atoms with Gasteiger partial charge in [0, 0.05) is 12.0 Å². The Kier molecular flexibility index (Phi) is 5.81. The number of benzene rings is 2. The van der Waals surface area contributed by atoms with E-state index in [0.29, 0.717) is 5.75 Å². The Hall–Kier alpha value is -2.00. The molecule has 1 aliphatic carbocycles. The Labute approximate surface area is 157 Å². The van der Waals surface area contributed by atoms with Crippen LogP contribution < -0.4 is 9.46 Å². The smallest absolute Gasteiger partial charge is 0.240 e. The zero-order chi connectivity index (χ0) is 19.5. The van der Waals surface area contributed by atoms with Gasteiger partial charge in [0.15, 0.2) is 0 Å². The number of rotatable bonds is 7. The second kappa shape index (κ2) is 7.93. The molecule has 3 atom stereocenters. The van der Waals surface area contributed by atoms with Gasteiger partial charge in [-0.2, -0.15) is 0 Å². The summed E-state index contributed by atoms with van der Waals surface area (Å²) in [5.41, 5.74) is -0.762. The molecule has 0 saturated heterocycles. The lowest BCUT2D eigenvalue weighted by Crippen LogP contribution is -2.40. The first-order valence-corrected chi connectivity index (χ1v) is 10.1. The zero-order valence-corrected chi connectivity index (χ0v) is 15.4. The Morgan fingerprint density at radius 3 is 2.22 bits per heavy atom. The molecule has 1 unspecified atom stereocenters. The van der Waals surface area contributed by atoms with Crippen molar-refractivity contribution in [3.63, 3.8) is 0 Å². The highest BCUT2D eigenvalue weighted by atomic mass is 32.2. The fourth-order valence-corrected chi connectivity index (χ4v) is 4.41. The van der Waals surface area contributed by atoms with Crippen molar-refractivity contribution in [2.75, 3.05) is 13.2 Å². The van der Waals surface area contributed by atoms with Gasteiger partial charge in [-0.3, -0.25) is 0 Å². The van der Waals surface area contributed by atoms with Crippen LogP contribution in [0, 0.1) is 11.2 Å². The molecule has 3 N–H and O–H groups in total. The minimum Gasteiger partial charge on any atom is -0.493 e. The van der Waals surface area contributed by atoms with Crippen LogP contribution in [0.2, 0.25) is 0 Å². The number of nitrogens with one attached hydrogen (secondary N) is 1. The van der Waals surface area contributed by atoms with Crippen LogP contribution in [0.25, 0.3) is 0 Å². The zero-order valence-electron chi connectivity index (χ0n) is 14.6. The molecule has 0 spiro atoms. The van der Waals surface area contributed by atoms with Crippen molar-refractivity contribution in [1.82, 2.24) is 4.72 Å². The number of para-hydroxylation sites is 1. The van der Waals surface area contributed by atoms with Crippen LogP contribution in [0.1, 0.15) is 12.8 Å². The minimum atomic E-state index is -3.86. The number of hydrogen-bond acceptors (Lipinski definition) is 5. The molecule has 2 aromatic rings. The van der Waals surface area contributed by atoms with E-state index < -0.39 is 33.5 Å². The highest BCUT2D eigenvalue weighted by Crippen LogP contribution is 2.39. The molecular weight excluding hydrogens is 373 g/mol. The molecule has 8 heteroatoms. The number of aliphatic hydroxyl groups is 2. The van der Waals surface area contributed by atoms with Crippen LogP contribution in [0.5, 0.6) is 5.75 Å². The van der Waals surface area contributed by atoms with Crippen LogP contribution in [-0.2, 0) is 10.0 Å². The predicted molar refractivity (Wildman–Crippen MR) is 97.2 cm³/mol. The molecule has 0 aliphatic heterocycles. The second-order valence-corrected chi connectivity index (χ2v) is 8.69. The molecule has 0 radical (unpaired) electrons. The van der Waals surface area contributed by atoms with Gasteiger partial charge in [0.25, 0.3) is 0 Å². The number of halogens is 1. The van der Waals surface area contributed by atoms with E-state index in [1.807, 2.05) is 18.2 Å². The van der Waals surface area contributed by atoms with Crippen molar-refractivity contribution in [3.05, 3.63) is 60.4 Å². The van der Waals surface area contributed by atoms with E-state index in [4.69, 9.17) is 4.74 Å². The maximum absolute atomic E-state index is 13.0. The molecule has 3 rings (SSSR count). The summed E-state index contributed by atoms with van der Waals surface area (Å²) >= 11 is 0. The molecule has 1 fully saturated rings. The van der Waals surface area contributed by atoms with E-state index in [2.05, 4.69) is 4.72 Å². The molecular formula is C19H22FNO5S. The maximum Gasteiger partial charge on any atom is 0.240 e. The minimum absolute atomic E-state index is 0.0202. The molecule has 0 aromatic heterocycles. The Morgan fingerprint density at radius 1 is 1.04 bits per heavy atom. The monoisotopic (exact) mass is 395 g/mol. The van der Waals surface area contributed by atoms with Crippen molar-refractivity contribution < 1.29 is 27.8 Å². The SMILES string of the molecule is O=S(=O)(NCC1(COc2ccccc2)C[C@@H](O)[C@@H](O)C1)c1ccc(F)cc1. The van der Waals surface area contributed by atoms with Gasteiger partial charge < -0.3 is 14.9 Å². The molecule has 1 saturated carbocycles. The lowest BCUT2D eigenvalue weighted by atomic mass is 9.87. The van der Waals surface area contributed by atoms with Crippen molar-refractivity contribution in [2.45, 2.75) is 29.9 Å². The highest BCUT2D eigenvalue weighted by Gasteiger charge is 2.45. The first-order chi connectivity index (χ1) is 12.8. The van der Waals surface area contributed by atoms with Crippen LogP contribution >= 0.6 is 0 Å². The van der Waals surface area contributed by atoms with Crippen molar-refractivity contribution >= 4 is 10.0 Å². The fraction of sp³-hybridized carbons (Fsp3) is 0.368. The van der Waals surface area contributed by atoms with Crippen LogP contribution in [0.4, 0.5) is 4.39 Å². The van der Waals surface area contributed by atoms with E-state index in [-0.39, 0.29) is 30.9 Å². The van der Waals surface area contributed by atoms with Crippen molar-refractivity contribution in [1.29, 1.82) is 0 Å². The van der Waals surface area contributed by atoms with E-state index >= 15 is 0 Å². The van der Waals surface area contributed by atoms with Gasteiger partial charge in [-0.1, -0.05) is 18.2 Å². The fourth-order valence-electron chi connectivity index (χ4n) is 3.25. The molecule has 2 aromatic carbocycles. The molecule has 27 heavy (non-hydrogen) atoms. The number of sulfonamides is 1. The van der Waals surface area contributed by atoms with Gasteiger partial charge in [0.1, 0.15) is 11.6 Å². The van der Waals surface area contributed by atoms with E-state index in [9.17, 15) is 23.0 Å². The molecule has 6 nitrogen and oxygen atoms in total. The topological polar surface area (TPSA) is 95.9 Å². The highest BCUT2D eigenvalue weighted by molar-refractivity contribution is 7.89. The lowest BCUT2D eigenvalue weighted by Gasteiger charge is -2.29. The molecule has 0 bridgehead atoms. The lowest BCUT2D eigenvalue weighted by molar-refractivity contribution is 0.0438. The summed E-state index contributed by atoms with van der Waals surface area (Å²) in [5.74, 6) is 0.0952. The molecule has 1 aliphatic rings. The van der Waals surface area contributed by atoms with Crippen molar-refractivity contribution in [3.8, 4) is 5.75 Å². The summed E-state index contributed by atoms with van der Waals surface area (Å²) in [4.78, 5) is -0.0536. The van der Waals surface area contributed by atoms with Gasteiger partial charge >= 0.3 is 0 Å². The van der Waals surface area contributed by atoms with Crippen LogP contribution in [0.3, 0.4) is 0 Å². The summed E-state index contributed by atoms with van der Waals surface area (Å²) in [6.07, 6.45) is -1.49. The van der Waals surface area contributed by atoms with E-state index in [0.717, 1.165) is 12.1 Å². The van der Waals surface area contributed by atoms with E-state index in [1.54, 1.807) is 12.1 Å². The third kappa shape index (κ3) is 4.84. The first-order valence-electron chi connectivity index (χ1n) is 8.59. The first kappa shape index (κ1) is 19.8. The summed E-state index contributed by atoms with van der Waals surface area (Å²) in [6, 6.07) is 13.6. The maximum atomic E-state index is 13.0. The summed E-state index contributed by atoms with van der Waals surface area (Å²) in [7, 11) is -3.86. The number of ether oxygens (including phenoxy) is 1. The third-order valence-electron chi connectivity index (χ3n) is 4.78. The van der Waals surface area contributed by atoms with Crippen LogP contribution in [-0.4, -0.2) is 44.0 Å². The standard InChI is InChI=1S/C19H22FNO5S/c20-14-6-8-16(9-7-14)27(24,25)21-12-19(10-17(22)18(23)11-19)13-26-15-4-2-1-3-5-15/h1-9,17-18,21-23H,10-13H2/t17-,18+,19?. The van der Waals surface area contributed by atoms with E-state index in [1.165, 1.54) is 12.1 Å². The van der Waals surface area contributed by atoms with Gasteiger partial charge in [0.2, 0.25) is 10.0 Å². The summed E-state index contributed by atoms with van der Waals surface area (Å²) < 4.78 is 46.3. The van der Waals surface area contributed by atoms with Gasteiger partial charge in [-0.15, -0.1) is 0 Å². The number of hydrogen-bond donors (Lipinski definition) is 3. The average molecular weight is 395 g/mol. The van der Waals surface area contributed by atoms with Gasteiger partial charge in [-0.25, -0.2) is 17.5 Å². The number of aliphatic hydroxyl groups excluding tert-OH is 2.